The lowest BCUT2D eigenvalue weighted by molar-refractivity contribution is -0.129. The van der Waals surface area contributed by atoms with Crippen molar-refractivity contribution in [1.29, 1.82) is 0 Å². The number of carbonyl (C=O) groups excluding carboxylic acids is 2. The maximum absolute atomic E-state index is 13.5. The molecule has 7 rings (SSSR count). The van der Waals surface area contributed by atoms with Gasteiger partial charge in [-0.15, -0.1) is 0 Å². The third-order valence-electron chi connectivity index (χ3n) is 8.60. The average molecular weight is 586 g/mol. The summed E-state index contributed by atoms with van der Waals surface area (Å²) in [6.07, 6.45) is 9.55. The highest BCUT2D eigenvalue weighted by atomic mass is 35.5. The van der Waals surface area contributed by atoms with Crippen molar-refractivity contribution in [2.45, 2.75) is 45.6 Å². The minimum Gasteiger partial charge on any atom is -0.445 e. The lowest BCUT2D eigenvalue weighted by Crippen LogP contribution is -2.59. The molecule has 1 unspecified atom stereocenters. The van der Waals surface area contributed by atoms with Crippen LogP contribution >= 0.6 is 11.6 Å². The van der Waals surface area contributed by atoms with Crippen molar-refractivity contribution in [3.05, 3.63) is 107 Å². The first-order chi connectivity index (χ1) is 20.2. The molecule has 1 atom stereocenters. The molecule has 218 valence electrons. The second kappa shape index (κ2) is 11.4. The SMILES string of the molecule is CC1(C)CC1.O=CN1CC2(C1)CN(C(=O)c1cnn(Cc3ccccc3)c1)CC2c1ncc(Cc2ccc(Cl)cc2)o1. The van der Waals surface area contributed by atoms with Gasteiger partial charge in [0.25, 0.3) is 5.91 Å². The van der Waals surface area contributed by atoms with Crippen molar-refractivity contribution >= 4 is 23.9 Å². The molecule has 42 heavy (non-hydrogen) atoms. The summed E-state index contributed by atoms with van der Waals surface area (Å²) in [6.45, 7) is 7.37. The van der Waals surface area contributed by atoms with Crippen molar-refractivity contribution in [2.75, 3.05) is 26.2 Å². The van der Waals surface area contributed by atoms with E-state index in [1.54, 1.807) is 28.2 Å². The van der Waals surface area contributed by atoms with Gasteiger partial charge in [-0.1, -0.05) is 67.9 Å². The second-order valence-corrected chi connectivity index (χ2v) is 13.1. The van der Waals surface area contributed by atoms with Crippen LogP contribution in [0.1, 0.15) is 65.7 Å². The zero-order chi connectivity index (χ0) is 29.3. The van der Waals surface area contributed by atoms with E-state index in [0.717, 1.165) is 28.7 Å². The van der Waals surface area contributed by atoms with Crippen molar-refractivity contribution in [1.82, 2.24) is 24.6 Å². The van der Waals surface area contributed by atoms with Gasteiger partial charge < -0.3 is 14.2 Å². The molecule has 3 fully saturated rings. The first-order valence-electron chi connectivity index (χ1n) is 14.5. The third-order valence-corrected chi connectivity index (χ3v) is 8.85. The Morgan fingerprint density at radius 3 is 2.40 bits per heavy atom. The molecule has 2 aliphatic heterocycles. The van der Waals surface area contributed by atoms with Crippen LogP contribution in [-0.2, 0) is 17.8 Å². The maximum atomic E-state index is 13.5. The Morgan fingerprint density at radius 2 is 1.74 bits per heavy atom. The summed E-state index contributed by atoms with van der Waals surface area (Å²) in [4.78, 5) is 33.0. The van der Waals surface area contributed by atoms with Gasteiger partial charge in [-0.3, -0.25) is 14.3 Å². The van der Waals surface area contributed by atoms with Crippen molar-refractivity contribution in [2.24, 2.45) is 10.8 Å². The fraction of sp³-hybridized carbons (Fsp3) is 0.394. The first kappa shape index (κ1) is 28.2. The van der Waals surface area contributed by atoms with E-state index >= 15 is 0 Å². The van der Waals surface area contributed by atoms with Gasteiger partial charge in [0, 0.05) is 49.2 Å². The fourth-order valence-electron chi connectivity index (χ4n) is 5.75. The summed E-state index contributed by atoms with van der Waals surface area (Å²) in [5, 5.41) is 5.09. The zero-order valence-corrected chi connectivity index (χ0v) is 24.8. The Balaban J connectivity index is 0.000000573. The van der Waals surface area contributed by atoms with Crippen molar-refractivity contribution in [3.63, 3.8) is 0 Å². The predicted molar refractivity (Wildman–Crippen MR) is 160 cm³/mol. The highest BCUT2D eigenvalue weighted by molar-refractivity contribution is 6.30. The van der Waals surface area contributed by atoms with Crippen LogP contribution in [0.15, 0.2) is 77.6 Å². The fourth-order valence-corrected chi connectivity index (χ4v) is 5.88. The molecule has 2 aromatic heterocycles. The number of nitrogens with zero attached hydrogens (tertiary/aromatic N) is 5. The lowest BCUT2D eigenvalue weighted by atomic mass is 9.72. The molecule has 9 heteroatoms. The van der Waals surface area contributed by atoms with Crippen LogP contribution < -0.4 is 0 Å². The minimum absolute atomic E-state index is 0.0707. The smallest absolute Gasteiger partial charge is 0.257 e. The number of halogens is 1. The molecule has 0 radical (unpaired) electrons. The standard InChI is InChI=1S/C28H26ClN5O3.C5H10/c29-23-8-6-20(7-9-23)10-24-12-30-26(37-24)25-15-33(18-28(25)16-32(17-28)19-35)27(36)22-11-31-34(14-22)13-21-4-2-1-3-5-21;1-5(2)3-4-5/h1-9,11-12,14,19,25H,10,13,15-18H2;3-4H2,1-2H3. The molecule has 1 spiro atoms. The van der Waals surface area contributed by atoms with E-state index in [4.69, 9.17) is 16.0 Å². The van der Waals surface area contributed by atoms with Crippen LogP contribution in [0, 0.1) is 10.8 Å². The molecule has 1 aliphatic carbocycles. The molecular formula is C33H36ClN5O3. The third kappa shape index (κ3) is 6.28. The summed E-state index contributed by atoms with van der Waals surface area (Å²) in [7, 11) is 0. The molecule has 3 aliphatic rings. The van der Waals surface area contributed by atoms with Gasteiger partial charge in [0.1, 0.15) is 5.76 Å². The number of amides is 2. The summed E-state index contributed by atoms with van der Waals surface area (Å²) in [5.41, 5.74) is 3.23. The van der Waals surface area contributed by atoms with E-state index in [-0.39, 0.29) is 17.2 Å². The Labute approximate surface area is 251 Å². The van der Waals surface area contributed by atoms with Gasteiger partial charge in [-0.2, -0.15) is 5.10 Å². The van der Waals surface area contributed by atoms with E-state index in [0.29, 0.717) is 55.6 Å². The molecule has 0 bridgehead atoms. The van der Waals surface area contributed by atoms with Crippen LogP contribution in [0.2, 0.25) is 5.02 Å². The van der Waals surface area contributed by atoms with Crippen LogP contribution in [0.4, 0.5) is 0 Å². The zero-order valence-electron chi connectivity index (χ0n) is 24.1. The average Bonchev–Trinajstić information content (AvgIpc) is 3.38. The van der Waals surface area contributed by atoms with Gasteiger partial charge >= 0.3 is 0 Å². The maximum Gasteiger partial charge on any atom is 0.257 e. The molecule has 0 N–H and O–H groups in total. The summed E-state index contributed by atoms with van der Waals surface area (Å²) >= 11 is 6.00. The number of aromatic nitrogens is 3. The minimum atomic E-state index is -0.265. The lowest BCUT2D eigenvalue weighted by Gasteiger charge is -2.48. The number of oxazole rings is 1. The largest absolute Gasteiger partial charge is 0.445 e. The second-order valence-electron chi connectivity index (χ2n) is 12.7. The molecular weight excluding hydrogens is 550 g/mol. The highest BCUT2D eigenvalue weighted by Gasteiger charge is 2.57. The Kier molecular flexibility index (Phi) is 7.66. The molecule has 8 nitrogen and oxygen atoms in total. The number of rotatable bonds is 7. The molecule has 2 aromatic carbocycles. The van der Waals surface area contributed by atoms with Crippen molar-refractivity contribution in [3.8, 4) is 0 Å². The summed E-state index contributed by atoms with van der Waals surface area (Å²) < 4.78 is 7.98. The summed E-state index contributed by atoms with van der Waals surface area (Å²) in [6, 6.07) is 17.7. The van der Waals surface area contributed by atoms with Crippen LogP contribution in [0.3, 0.4) is 0 Å². The van der Waals surface area contributed by atoms with E-state index in [2.05, 4.69) is 23.9 Å². The molecule has 1 saturated carbocycles. The van der Waals surface area contributed by atoms with Crippen LogP contribution in [-0.4, -0.2) is 63.1 Å². The Morgan fingerprint density at radius 1 is 1.02 bits per heavy atom. The van der Waals surface area contributed by atoms with E-state index in [9.17, 15) is 9.59 Å². The van der Waals surface area contributed by atoms with Gasteiger partial charge in [-0.05, 0) is 41.5 Å². The summed E-state index contributed by atoms with van der Waals surface area (Å²) in [5.74, 6) is 1.21. The molecule has 2 saturated heterocycles. The first-order valence-corrected chi connectivity index (χ1v) is 14.8. The number of benzene rings is 2. The van der Waals surface area contributed by atoms with Gasteiger partial charge in [0.2, 0.25) is 6.41 Å². The Hall–Kier alpha value is -3.91. The highest BCUT2D eigenvalue weighted by Crippen LogP contribution is 2.49. The van der Waals surface area contributed by atoms with Crippen molar-refractivity contribution < 1.29 is 14.0 Å². The molecule has 2 amide bonds. The number of likely N-dealkylation sites (tertiary alicyclic amines) is 2. The van der Waals surface area contributed by atoms with Gasteiger partial charge in [0.05, 0.1) is 30.4 Å². The van der Waals surface area contributed by atoms with E-state index in [1.165, 1.54) is 12.8 Å². The van der Waals surface area contributed by atoms with E-state index in [1.807, 2.05) is 59.5 Å². The molecule has 4 heterocycles. The van der Waals surface area contributed by atoms with Gasteiger partial charge in [-0.25, -0.2) is 4.98 Å². The monoisotopic (exact) mass is 585 g/mol. The van der Waals surface area contributed by atoms with Crippen LogP contribution in [0.25, 0.3) is 0 Å². The predicted octanol–water partition coefficient (Wildman–Crippen LogP) is 5.67. The quantitative estimate of drug-likeness (QED) is 0.261. The Bertz CT molecular complexity index is 1530. The van der Waals surface area contributed by atoms with Crippen LogP contribution in [0.5, 0.6) is 0 Å². The van der Waals surface area contributed by atoms with Gasteiger partial charge in [0.15, 0.2) is 5.89 Å². The normalized spacial score (nSPS) is 19.6. The number of hydrogen-bond donors (Lipinski definition) is 0. The van der Waals surface area contributed by atoms with E-state index < -0.39 is 0 Å². The number of hydrogen-bond acceptors (Lipinski definition) is 5. The number of carbonyl (C=O) groups is 2. The topological polar surface area (TPSA) is 84.5 Å². The molecule has 4 aromatic rings.